The Morgan fingerprint density at radius 2 is 0.947 bits per heavy atom. The monoisotopic (exact) mass is 582 g/mol. The van der Waals surface area contributed by atoms with E-state index < -0.39 is 0 Å². The lowest BCUT2D eigenvalue weighted by Crippen LogP contribution is -2.23. The highest BCUT2D eigenvalue weighted by atomic mass is 35.5. The van der Waals surface area contributed by atoms with Gasteiger partial charge in [-0.2, -0.15) is 0 Å². The maximum Gasteiger partial charge on any atom is 0.251 e. The summed E-state index contributed by atoms with van der Waals surface area (Å²) in [5.41, 5.74) is 4.55. The number of halogens is 4. The van der Waals surface area contributed by atoms with E-state index in [4.69, 9.17) is 46.4 Å². The lowest BCUT2D eigenvalue weighted by atomic mass is 10.0. The molecule has 0 aromatic heterocycles. The van der Waals surface area contributed by atoms with Crippen molar-refractivity contribution in [2.75, 3.05) is 0 Å². The van der Waals surface area contributed by atoms with Crippen molar-refractivity contribution in [3.8, 4) is 11.1 Å². The Morgan fingerprint density at radius 1 is 0.526 bits per heavy atom. The molecule has 0 radical (unpaired) electrons. The van der Waals surface area contributed by atoms with Crippen molar-refractivity contribution in [3.63, 3.8) is 0 Å². The first-order chi connectivity index (χ1) is 18.2. The zero-order valence-electron chi connectivity index (χ0n) is 19.6. The van der Waals surface area contributed by atoms with Crippen LogP contribution in [0.3, 0.4) is 0 Å². The third-order valence-electron chi connectivity index (χ3n) is 6.22. The molecule has 2 amide bonds. The van der Waals surface area contributed by atoms with Crippen molar-refractivity contribution in [1.29, 1.82) is 0 Å². The molecule has 0 bridgehead atoms. The van der Waals surface area contributed by atoms with E-state index in [2.05, 4.69) is 10.6 Å². The van der Waals surface area contributed by atoms with Gasteiger partial charge in [-0.25, -0.2) is 0 Å². The Balaban J connectivity index is 1.29. The van der Waals surface area contributed by atoms with Gasteiger partial charge in [-0.05, 0) is 70.8 Å². The van der Waals surface area contributed by atoms with E-state index in [1.54, 1.807) is 72.8 Å². The van der Waals surface area contributed by atoms with Crippen LogP contribution in [0, 0.1) is 0 Å². The molecule has 38 heavy (non-hydrogen) atoms. The number of hydrogen-bond donors (Lipinski definition) is 2. The largest absolute Gasteiger partial charge is 0.348 e. The Morgan fingerprint density at radius 3 is 1.34 bits per heavy atom. The minimum atomic E-state index is -0.329. The average Bonchev–Trinajstić information content (AvgIpc) is 3.20. The number of carbonyl (C=O) groups excluding carboxylic acids is 3. The van der Waals surface area contributed by atoms with Gasteiger partial charge in [-0.1, -0.05) is 70.7 Å². The van der Waals surface area contributed by atoms with E-state index in [1.165, 1.54) is 0 Å². The molecule has 0 heterocycles. The molecule has 0 unspecified atom stereocenters. The van der Waals surface area contributed by atoms with Gasteiger partial charge in [0.25, 0.3) is 11.8 Å². The molecule has 0 spiro atoms. The fourth-order valence-electron chi connectivity index (χ4n) is 4.23. The number of rotatable bonds is 6. The number of hydrogen-bond acceptors (Lipinski definition) is 3. The zero-order valence-corrected chi connectivity index (χ0v) is 22.6. The smallest absolute Gasteiger partial charge is 0.251 e. The van der Waals surface area contributed by atoms with Crippen LogP contribution in [0.15, 0.2) is 72.8 Å². The van der Waals surface area contributed by atoms with E-state index in [0.717, 1.165) is 11.1 Å². The summed E-state index contributed by atoms with van der Waals surface area (Å²) in [6.07, 6.45) is 0. The number of nitrogens with one attached hydrogen (secondary N) is 2. The van der Waals surface area contributed by atoms with Gasteiger partial charge in [0, 0.05) is 35.3 Å². The molecule has 0 saturated heterocycles. The first kappa shape index (κ1) is 26.3. The Kier molecular flexibility index (Phi) is 7.46. The van der Waals surface area contributed by atoms with Gasteiger partial charge in [-0.15, -0.1) is 0 Å². The lowest BCUT2D eigenvalue weighted by molar-refractivity contribution is 0.0943. The first-order valence-corrected chi connectivity index (χ1v) is 13.0. The van der Waals surface area contributed by atoms with Crippen LogP contribution < -0.4 is 10.6 Å². The standard InChI is InChI=1S/C29H18Cl4N2O3/c30-23-7-1-15(9-25(23)32)13-34-28(37)17-3-5-19-20-6-4-18(12-22(20)27(36)21(19)11-17)29(38)35-14-16-2-8-24(31)26(33)10-16/h1-12H,13-14H2,(H,34,37)(H,35,38). The van der Waals surface area contributed by atoms with E-state index in [9.17, 15) is 14.4 Å². The van der Waals surface area contributed by atoms with Crippen molar-refractivity contribution in [1.82, 2.24) is 10.6 Å². The second-order valence-corrected chi connectivity index (χ2v) is 10.3. The predicted octanol–water partition coefficient (Wildman–Crippen LogP) is 7.37. The summed E-state index contributed by atoms with van der Waals surface area (Å²) in [5, 5.41) is 7.33. The van der Waals surface area contributed by atoms with Crippen LogP contribution in [-0.2, 0) is 13.1 Å². The SMILES string of the molecule is O=C(NCc1ccc(Cl)c(Cl)c1)c1ccc2c(c1)C(=O)c1cc(C(=O)NCc3ccc(Cl)c(Cl)c3)ccc1-2. The number of benzene rings is 4. The number of amides is 2. The third kappa shape index (κ3) is 5.29. The summed E-state index contributed by atoms with van der Waals surface area (Å²) in [7, 11) is 0. The highest BCUT2D eigenvalue weighted by Gasteiger charge is 2.28. The summed E-state index contributed by atoms with van der Waals surface area (Å²) >= 11 is 24.0. The molecule has 0 atom stereocenters. The van der Waals surface area contributed by atoms with Crippen LogP contribution in [-0.4, -0.2) is 17.6 Å². The van der Waals surface area contributed by atoms with E-state index in [-0.39, 0.29) is 30.7 Å². The molecular weight excluding hydrogens is 566 g/mol. The van der Waals surface area contributed by atoms with Gasteiger partial charge < -0.3 is 10.6 Å². The molecule has 2 N–H and O–H groups in total. The molecule has 1 aliphatic carbocycles. The molecule has 5 rings (SSSR count). The minimum absolute atomic E-state index is 0.242. The van der Waals surface area contributed by atoms with Crippen molar-refractivity contribution in [2.45, 2.75) is 13.1 Å². The van der Waals surface area contributed by atoms with Crippen LogP contribution in [0.4, 0.5) is 0 Å². The first-order valence-electron chi connectivity index (χ1n) is 11.5. The van der Waals surface area contributed by atoms with Crippen LogP contribution in [0.1, 0.15) is 47.8 Å². The summed E-state index contributed by atoms with van der Waals surface area (Å²) in [4.78, 5) is 38.8. The van der Waals surface area contributed by atoms with Crippen molar-refractivity contribution < 1.29 is 14.4 Å². The number of carbonyl (C=O) groups is 3. The Hall–Kier alpha value is -3.35. The fraction of sp³-hybridized carbons (Fsp3) is 0.0690. The molecule has 5 nitrogen and oxygen atoms in total. The zero-order chi connectivity index (χ0) is 27.0. The summed E-state index contributed by atoms with van der Waals surface area (Å²) < 4.78 is 0. The van der Waals surface area contributed by atoms with Gasteiger partial charge in [0.2, 0.25) is 0 Å². The Bertz CT molecular complexity index is 1520. The average molecular weight is 584 g/mol. The fourth-order valence-corrected chi connectivity index (χ4v) is 4.87. The Labute approximate surface area is 238 Å². The second-order valence-electron chi connectivity index (χ2n) is 8.71. The van der Waals surface area contributed by atoms with Gasteiger partial charge in [-0.3, -0.25) is 14.4 Å². The van der Waals surface area contributed by atoms with Crippen LogP contribution in [0.5, 0.6) is 0 Å². The minimum Gasteiger partial charge on any atom is -0.348 e. The summed E-state index contributed by atoms with van der Waals surface area (Å²) in [5.74, 6) is -0.900. The van der Waals surface area contributed by atoms with Crippen LogP contribution >= 0.6 is 46.4 Å². The van der Waals surface area contributed by atoms with Crippen molar-refractivity contribution >= 4 is 64.0 Å². The van der Waals surface area contributed by atoms with E-state index in [1.807, 2.05) is 0 Å². The van der Waals surface area contributed by atoms with E-state index in [0.29, 0.717) is 53.5 Å². The van der Waals surface area contributed by atoms with Crippen LogP contribution in [0.25, 0.3) is 11.1 Å². The van der Waals surface area contributed by atoms with Crippen molar-refractivity contribution in [2.24, 2.45) is 0 Å². The van der Waals surface area contributed by atoms with Gasteiger partial charge in [0.1, 0.15) is 0 Å². The number of ketones is 1. The van der Waals surface area contributed by atoms with E-state index >= 15 is 0 Å². The normalized spacial score (nSPS) is 11.6. The quantitative estimate of drug-likeness (QED) is 0.219. The molecule has 0 aliphatic heterocycles. The summed E-state index contributed by atoms with van der Waals surface area (Å²) in [6, 6.07) is 20.2. The molecule has 190 valence electrons. The van der Waals surface area contributed by atoms with Gasteiger partial charge >= 0.3 is 0 Å². The molecule has 9 heteroatoms. The third-order valence-corrected chi connectivity index (χ3v) is 7.70. The maximum absolute atomic E-state index is 13.2. The highest BCUT2D eigenvalue weighted by Crippen LogP contribution is 2.37. The molecule has 4 aromatic carbocycles. The molecule has 0 fully saturated rings. The van der Waals surface area contributed by atoms with Crippen LogP contribution in [0.2, 0.25) is 20.1 Å². The van der Waals surface area contributed by atoms with Gasteiger partial charge in [0.15, 0.2) is 5.78 Å². The predicted molar refractivity (Wildman–Crippen MR) is 151 cm³/mol. The highest BCUT2D eigenvalue weighted by molar-refractivity contribution is 6.42. The van der Waals surface area contributed by atoms with Crippen molar-refractivity contribution in [3.05, 3.63) is 126 Å². The molecule has 1 aliphatic rings. The second kappa shape index (κ2) is 10.8. The lowest BCUT2D eigenvalue weighted by Gasteiger charge is -2.08. The topological polar surface area (TPSA) is 75.3 Å². The number of fused-ring (bicyclic) bond motifs is 3. The molecule has 0 saturated carbocycles. The summed E-state index contributed by atoms with van der Waals surface area (Å²) in [6.45, 7) is 0.503. The maximum atomic E-state index is 13.2. The van der Waals surface area contributed by atoms with Gasteiger partial charge in [0.05, 0.1) is 20.1 Å². The molecular formula is C29H18Cl4N2O3. The molecule has 4 aromatic rings.